The third-order valence-corrected chi connectivity index (χ3v) is 7.70. The Bertz CT molecular complexity index is 1070. The molecular weight excluding hydrogens is 434 g/mol. The molecule has 5 rings (SSSR count). The third kappa shape index (κ3) is 4.73. The number of nitrogens with zero attached hydrogens (tertiary/aromatic N) is 3. The van der Waals surface area contributed by atoms with E-state index < -0.39 is 5.54 Å². The van der Waals surface area contributed by atoms with E-state index in [4.69, 9.17) is 0 Å². The average molecular weight is 468 g/mol. The quantitative estimate of drug-likeness (QED) is 0.456. The highest BCUT2D eigenvalue weighted by molar-refractivity contribution is 5.94. The van der Waals surface area contributed by atoms with Crippen molar-refractivity contribution in [1.82, 2.24) is 9.80 Å². The second-order valence-corrected chi connectivity index (χ2v) is 9.64. The zero-order valence-corrected chi connectivity index (χ0v) is 20.1. The van der Waals surface area contributed by atoms with Crippen LogP contribution in [0.15, 0.2) is 91.0 Å². The first-order chi connectivity index (χ1) is 17.2. The van der Waals surface area contributed by atoms with Gasteiger partial charge in [-0.3, -0.25) is 4.79 Å². The fraction of sp³-hybridized carbons (Fsp3) is 0.333. The van der Waals surface area contributed by atoms with Gasteiger partial charge in [0.15, 0.2) is 0 Å². The molecule has 2 aliphatic rings. The van der Waals surface area contributed by atoms with Crippen molar-refractivity contribution in [3.8, 4) is 0 Å². The first-order valence-corrected chi connectivity index (χ1v) is 12.6. The molecule has 35 heavy (non-hydrogen) atoms. The number of hydrogen-bond donors (Lipinski definition) is 0. The maximum absolute atomic E-state index is 13.5. The Morgan fingerprint density at radius 3 is 1.89 bits per heavy atom. The molecule has 3 aromatic carbocycles. The zero-order chi connectivity index (χ0) is 24.1. The normalized spacial score (nSPS) is 17.9. The predicted octanol–water partition coefficient (Wildman–Crippen LogP) is 4.55. The van der Waals surface area contributed by atoms with Crippen molar-refractivity contribution in [3.63, 3.8) is 0 Å². The summed E-state index contributed by atoms with van der Waals surface area (Å²) < 4.78 is 0. The van der Waals surface area contributed by atoms with Crippen molar-refractivity contribution in [2.24, 2.45) is 0 Å². The molecule has 1 amide bonds. The Kier molecular flexibility index (Phi) is 6.96. The summed E-state index contributed by atoms with van der Waals surface area (Å²) in [5, 5.41) is 0. The Labute approximate surface area is 208 Å². The van der Waals surface area contributed by atoms with Crippen molar-refractivity contribution < 1.29 is 9.59 Å². The number of para-hydroxylation sites is 1. The molecule has 2 aliphatic heterocycles. The van der Waals surface area contributed by atoms with E-state index in [1.54, 1.807) is 4.90 Å². The summed E-state index contributed by atoms with van der Waals surface area (Å²) in [6.45, 7) is 3.37. The van der Waals surface area contributed by atoms with Gasteiger partial charge in [-0.15, -0.1) is 0 Å². The summed E-state index contributed by atoms with van der Waals surface area (Å²) in [6.07, 6.45) is 3.42. The summed E-state index contributed by atoms with van der Waals surface area (Å²) >= 11 is 0. The molecule has 0 unspecified atom stereocenters. The van der Waals surface area contributed by atoms with Crippen molar-refractivity contribution in [2.75, 3.05) is 37.7 Å². The predicted molar refractivity (Wildman–Crippen MR) is 139 cm³/mol. The molecule has 1 spiro atoms. The van der Waals surface area contributed by atoms with Crippen LogP contribution < -0.4 is 4.90 Å². The van der Waals surface area contributed by atoms with E-state index in [0.29, 0.717) is 12.6 Å². The van der Waals surface area contributed by atoms with E-state index in [1.165, 1.54) is 11.1 Å². The van der Waals surface area contributed by atoms with Gasteiger partial charge in [0.1, 0.15) is 11.8 Å². The third-order valence-electron chi connectivity index (χ3n) is 7.70. The fourth-order valence-corrected chi connectivity index (χ4v) is 5.79. The lowest BCUT2D eigenvalue weighted by atomic mass is 9.84. The van der Waals surface area contributed by atoms with Crippen LogP contribution in [0.4, 0.5) is 5.69 Å². The second-order valence-electron chi connectivity index (χ2n) is 9.64. The van der Waals surface area contributed by atoms with E-state index in [-0.39, 0.29) is 12.5 Å². The molecule has 0 N–H and O–H groups in total. The summed E-state index contributed by atoms with van der Waals surface area (Å²) in [6, 6.07) is 31.6. The number of benzene rings is 3. The number of piperidine rings is 1. The molecular formula is C30H33N3O2. The first kappa shape index (κ1) is 23.3. The molecule has 2 saturated heterocycles. The molecule has 0 saturated carbocycles. The summed E-state index contributed by atoms with van der Waals surface area (Å²) in [5.41, 5.74) is 3.19. The topological polar surface area (TPSA) is 43.9 Å². The molecule has 2 fully saturated rings. The van der Waals surface area contributed by atoms with Gasteiger partial charge in [-0.05, 0) is 49.1 Å². The second kappa shape index (κ2) is 10.4. The van der Waals surface area contributed by atoms with Gasteiger partial charge in [0.05, 0.1) is 13.2 Å². The van der Waals surface area contributed by atoms with Crippen molar-refractivity contribution in [1.29, 1.82) is 0 Å². The van der Waals surface area contributed by atoms with Gasteiger partial charge < -0.3 is 19.5 Å². The smallest absolute Gasteiger partial charge is 0.250 e. The summed E-state index contributed by atoms with van der Waals surface area (Å²) in [7, 11) is 0. The number of carbonyl (C=O) groups excluding carboxylic acids is 2. The number of carbonyl (C=O) groups is 2. The first-order valence-electron chi connectivity index (χ1n) is 12.6. The maximum atomic E-state index is 13.5. The van der Waals surface area contributed by atoms with Crippen LogP contribution in [-0.2, 0) is 9.59 Å². The minimum atomic E-state index is -0.556. The van der Waals surface area contributed by atoms with Gasteiger partial charge in [0.25, 0.3) is 0 Å². The lowest BCUT2D eigenvalue weighted by molar-refractivity contribution is -0.135. The highest BCUT2D eigenvalue weighted by Crippen LogP contribution is 2.39. The molecule has 0 aromatic heterocycles. The molecule has 5 heteroatoms. The van der Waals surface area contributed by atoms with Crippen LogP contribution >= 0.6 is 0 Å². The van der Waals surface area contributed by atoms with Crippen LogP contribution in [0.3, 0.4) is 0 Å². The Morgan fingerprint density at radius 2 is 1.34 bits per heavy atom. The standard InChI is InChI=1S/C30H33N3O2/c34-23-22-32-24-33(27-14-8-3-9-15-27)30(29(32)35)17-20-31(21-18-30)19-16-28(25-10-4-1-5-11-25)26-12-6-2-7-13-26/h1-15,23,28H,16-22,24H2. The van der Waals surface area contributed by atoms with Gasteiger partial charge >= 0.3 is 0 Å². The van der Waals surface area contributed by atoms with Crippen LogP contribution in [0.1, 0.15) is 36.3 Å². The lowest BCUT2D eigenvalue weighted by Gasteiger charge is -2.43. The van der Waals surface area contributed by atoms with Gasteiger partial charge in [-0.25, -0.2) is 0 Å². The molecule has 2 heterocycles. The molecule has 0 bridgehead atoms. The Morgan fingerprint density at radius 1 is 0.800 bits per heavy atom. The molecule has 0 atom stereocenters. The average Bonchev–Trinajstić information content (AvgIpc) is 3.18. The van der Waals surface area contributed by atoms with E-state index in [0.717, 1.165) is 50.9 Å². The van der Waals surface area contributed by atoms with Crippen molar-refractivity contribution >= 4 is 17.9 Å². The van der Waals surface area contributed by atoms with Gasteiger partial charge in [0, 0.05) is 24.7 Å². The minimum Gasteiger partial charge on any atom is -0.339 e. The lowest BCUT2D eigenvalue weighted by Crippen LogP contribution is -2.56. The minimum absolute atomic E-state index is 0.0968. The van der Waals surface area contributed by atoms with Crippen molar-refractivity contribution in [2.45, 2.75) is 30.7 Å². The highest BCUT2D eigenvalue weighted by atomic mass is 16.2. The highest BCUT2D eigenvalue weighted by Gasteiger charge is 2.53. The largest absolute Gasteiger partial charge is 0.339 e. The molecule has 3 aromatic rings. The number of amides is 1. The van der Waals surface area contributed by atoms with E-state index >= 15 is 0 Å². The van der Waals surface area contributed by atoms with Crippen molar-refractivity contribution in [3.05, 3.63) is 102 Å². The van der Waals surface area contributed by atoms with Crippen LogP contribution in [0.25, 0.3) is 0 Å². The van der Waals surface area contributed by atoms with E-state index in [2.05, 4.69) is 82.6 Å². The number of aldehydes is 1. The summed E-state index contributed by atoms with van der Waals surface area (Å²) in [5.74, 6) is 0.449. The monoisotopic (exact) mass is 467 g/mol. The molecule has 5 nitrogen and oxygen atoms in total. The molecule has 0 aliphatic carbocycles. The van der Waals surface area contributed by atoms with Crippen LogP contribution in [0, 0.1) is 0 Å². The fourth-order valence-electron chi connectivity index (χ4n) is 5.79. The molecule has 0 radical (unpaired) electrons. The van der Waals surface area contributed by atoms with Gasteiger partial charge in [0.2, 0.25) is 5.91 Å². The van der Waals surface area contributed by atoms with E-state index in [1.807, 2.05) is 18.2 Å². The Balaban J connectivity index is 1.30. The van der Waals surface area contributed by atoms with Gasteiger partial charge in [-0.1, -0.05) is 78.9 Å². The van der Waals surface area contributed by atoms with Crippen LogP contribution in [0.5, 0.6) is 0 Å². The van der Waals surface area contributed by atoms with Crippen LogP contribution in [-0.4, -0.2) is 60.4 Å². The number of anilines is 1. The SMILES string of the molecule is O=CCN1CN(c2ccccc2)C2(CCN(CCC(c3ccccc3)c3ccccc3)CC2)C1=O. The number of hydrogen-bond acceptors (Lipinski definition) is 4. The van der Waals surface area contributed by atoms with E-state index in [9.17, 15) is 9.59 Å². The maximum Gasteiger partial charge on any atom is 0.250 e. The number of rotatable bonds is 8. The number of likely N-dealkylation sites (tertiary alicyclic amines) is 1. The Hall–Kier alpha value is -3.44. The zero-order valence-electron chi connectivity index (χ0n) is 20.1. The van der Waals surface area contributed by atoms with Gasteiger partial charge in [-0.2, -0.15) is 0 Å². The van der Waals surface area contributed by atoms with Crippen LogP contribution in [0.2, 0.25) is 0 Å². The molecule has 180 valence electrons. The summed E-state index contributed by atoms with van der Waals surface area (Å²) in [4.78, 5) is 31.2.